The van der Waals surface area contributed by atoms with Gasteiger partial charge in [-0.2, -0.15) is 12.6 Å². The Morgan fingerprint density at radius 2 is 2.25 bits per heavy atom. The lowest BCUT2D eigenvalue weighted by Crippen LogP contribution is -2.17. The maximum Gasteiger partial charge on any atom is 0.343 e. The molecule has 1 rings (SSSR count). The summed E-state index contributed by atoms with van der Waals surface area (Å²) in [4.78, 5) is 11.4. The second-order valence-electron chi connectivity index (χ2n) is 3.60. The maximum atomic E-state index is 11.4. The molecule has 0 spiro atoms. The lowest BCUT2D eigenvalue weighted by Gasteiger charge is -2.03. The molecule has 0 radical (unpaired) electrons. The predicted molar refractivity (Wildman–Crippen MR) is 71.6 cm³/mol. The van der Waals surface area contributed by atoms with Gasteiger partial charge in [0.1, 0.15) is 0 Å². The van der Waals surface area contributed by atoms with E-state index in [4.69, 9.17) is 0 Å². The van der Waals surface area contributed by atoms with E-state index in [-0.39, 0.29) is 5.69 Å². The summed E-state index contributed by atoms with van der Waals surface area (Å²) < 4.78 is 1.71. The third kappa shape index (κ3) is 4.25. The second-order valence-corrected chi connectivity index (χ2v) is 5.10. The summed E-state index contributed by atoms with van der Waals surface area (Å²) in [5.41, 5.74) is -0.0975. The van der Waals surface area contributed by atoms with Gasteiger partial charge in [-0.05, 0) is 25.0 Å². The fourth-order valence-corrected chi connectivity index (χ4v) is 2.58. The Morgan fingerprint density at radius 1 is 1.44 bits per heavy atom. The summed E-state index contributed by atoms with van der Waals surface area (Å²) in [5, 5.41) is 7.34. The molecule has 0 aliphatic heterocycles. The van der Waals surface area contributed by atoms with Crippen molar-refractivity contribution < 1.29 is 0 Å². The number of hydrogen-bond acceptors (Lipinski definition) is 4. The van der Waals surface area contributed by atoms with Gasteiger partial charge in [0.05, 0.1) is 0 Å². The minimum atomic E-state index is -0.0975. The molecule has 0 fully saturated rings. The molecule has 92 valence electrons. The molecule has 6 heteroatoms. The molecule has 0 aliphatic carbocycles. The average molecular weight is 261 g/mol. The molecule has 1 aromatic rings. The highest BCUT2D eigenvalue weighted by Crippen LogP contribution is 2.15. The van der Waals surface area contributed by atoms with Gasteiger partial charge in [-0.3, -0.25) is 4.57 Å². The maximum absolute atomic E-state index is 11.4. The summed E-state index contributed by atoms with van der Waals surface area (Å²) in [5.74, 6) is 1.97. The largest absolute Gasteiger partial charge is 0.343 e. The zero-order chi connectivity index (χ0) is 11.8. The highest BCUT2D eigenvalue weighted by molar-refractivity contribution is 7.99. The van der Waals surface area contributed by atoms with Crippen LogP contribution in [0.4, 0.5) is 0 Å². The Labute approximate surface area is 106 Å². The molecule has 0 saturated carbocycles. The summed E-state index contributed by atoms with van der Waals surface area (Å²) in [6.07, 6.45) is 4.45. The van der Waals surface area contributed by atoms with E-state index in [1.54, 1.807) is 16.3 Å². The van der Waals surface area contributed by atoms with Gasteiger partial charge in [-0.15, -0.1) is 5.10 Å². The van der Waals surface area contributed by atoms with E-state index in [2.05, 4.69) is 29.7 Å². The number of nitrogens with one attached hydrogen (secondary N) is 1. The first kappa shape index (κ1) is 13.7. The van der Waals surface area contributed by atoms with Gasteiger partial charge >= 0.3 is 5.69 Å². The van der Waals surface area contributed by atoms with Crippen molar-refractivity contribution in [3.05, 3.63) is 10.5 Å². The van der Waals surface area contributed by atoms with Crippen LogP contribution in [0.5, 0.6) is 0 Å². The van der Waals surface area contributed by atoms with Crippen LogP contribution in [-0.4, -0.2) is 26.3 Å². The molecule has 0 atom stereocenters. The molecule has 0 amide bonds. The van der Waals surface area contributed by atoms with Crippen LogP contribution in [-0.2, 0) is 6.54 Å². The minimum Gasteiger partial charge on any atom is -0.270 e. The Kier molecular flexibility index (Phi) is 6.71. The van der Waals surface area contributed by atoms with Crippen molar-refractivity contribution in [3.63, 3.8) is 0 Å². The molecule has 4 nitrogen and oxygen atoms in total. The van der Waals surface area contributed by atoms with Crippen LogP contribution >= 0.6 is 24.4 Å². The predicted octanol–water partition coefficient (Wildman–Crippen LogP) is 2.17. The number of thioether (sulfide) groups is 1. The number of H-pyrrole nitrogens is 1. The highest BCUT2D eigenvalue weighted by atomic mass is 32.2. The van der Waals surface area contributed by atoms with E-state index >= 15 is 0 Å². The Balaban J connectivity index is 2.38. The molecule has 16 heavy (non-hydrogen) atoms. The third-order valence-electron chi connectivity index (χ3n) is 2.20. The van der Waals surface area contributed by atoms with Crippen LogP contribution in [0.1, 0.15) is 32.6 Å². The molecular weight excluding hydrogens is 242 g/mol. The number of nitrogens with zero attached hydrogens (tertiary/aromatic N) is 2. The Morgan fingerprint density at radius 3 is 2.94 bits per heavy atom. The lowest BCUT2D eigenvalue weighted by molar-refractivity contribution is 0.603. The SMILES string of the molecule is CCCn1c(SCCCCCS)n[nH]c1=O. The molecule has 0 aromatic carbocycles. The first-order valence-corrected chi connectivity index (χ1v) is 7.30. The zero-order valence-corrected chi connectivity index (χ0v) is 11.3. The van der Waals surface area contributed by atoms with Gasteiger partial charge < -0.3 is 0 Å². The number of rotatable bonds is 8. The summed E-state index contributed by atoms with van der Waals surface area (Å²) >= 11 is 5.82. The number of thiol groups is 1. The Hall–Kier alpha value is -0.360. The van der Waals surface area contributed by atoms with Gasteiger partial charge in [0.15, 0.2) is 5.16 Å². The van der Waals surface area contributed by atoms with Crippen molar-refractivity contribution in [1.82, 2.24) is 14.8 Å². The highest BCUT2D eigenvalue weighted by Gasteiger charge is 2.06. The Bertz CT molecular complexity index is 348. The van der Waals surface area contributed by atoms with Gasteiger partial charge in [0.2, 0.25) is 0 Å². The normalized spacial score (nSPS) is 10.9. The molecule has 0 saturated heterocycles. The summed E-state index contributed by atoms with van der Waals surface area (Å²) in [6.45, 7) is 2.80. The zero-order valence-electron chi connectivity index (χ0n) is 9.61. The number of unbranched alkanes of at least 4 members (excludes halogenated alkanes) is 2. The van der Waals surface area contributed by atoms with E-state index in [0.29, 0.717) is 0 Å². The molecule has 1 heterocycles. The number of hydrogen-bond donors (Lipinski definition) is 2. The summed E-state index contributed by atoms with van der Waals surface area (Å²) in [7, 11) is 0. The van der Waals surface area contributed by atoms with Gasteiger partial charge in [-0.25, -0.2) is 9.89 Å². The standard InChI is InChI=1S/C10H19N3OS2/c1-2-6-13-9(14)11-12-10(13)16-8-5-3-4-7-15/h15H,2-8H2,1H3,(H,11,14). The van der Waals surface area contributed by atoms with E-state index in [1.165, 1.54) is 6.42 Å². The van der Waals surface area contributed by atoms with E-state index in [1.807, 2.05) is 0 Å². The topological polar surface area (TPSA) is 50.7 Å². The lowest BCUT2D eigenvalue weighted by atomic mass is 10.3. The molecular formula is C10H19N3OS2. The van der Waals surface area contributed by atoms with E-state index in [0.717, 1.165) is 42.5 Å². The third-order valence-corrected chi connectivity index (χ3v) is 3.58. The molecule has 1 N–H and O–H groups in total. The number of aromatic nitrogens is 3. The number of aromatic amines is 1. The first-order chi connectivity index (χ1) is 7.79. The average Bonchev–Trinajstić information content (AvgIpc) is 2.62. The van der Waals surface area contributed by atoms with Crippen molar-refractivity contribution in [2.75, 3.05) is 11.5 Å². The van der Waals surface area contributed by atoms with Crippen LogP contribution in [0.2, 0.25) is 0 Å². The van der Waals surface area contributed by atoms with E-state index < -0.39 is 0 Å². The van der Waals surface area contributed by atoms with Crippen LogP contribution in [0.3, 0.4) is 0 Å². The molecule has 1 aromatic heterocycles. The monoisotopic (exact) mass is 261 g/mol. The van der Waals surface area contributed by atoms with E-state index in [9.17, 15) is 4.79 Å². The van der Waals surface area contributed by atoms with Crippen molar-refractivity contribution in [3.8, 4) is 0 Å². The first-order valence-electron chi connectivity index (χ1n) is 5.68. The molecule has 0 bridgehead atoms. The van der Waals surface area contributed by atoms with Crippen molar-refractivity contribution >= 4 is 24.4 Å². The van der Waals surface area contributed by atoms with Crippen molar-refractivity contribution in [2.24, 2.45) is 0 Å². The fourth-order valence-electron chi connectivity index (χ4n) is 1.39. The van der Waals surface area contributed by atoms with Crippen molar-refractivity contribution in [1.29, 1.82) is 0 Å². The van der Waals surface area contributed by atoms with Gasteiger partial charge in [-0.1, -0.05) is 25.1 Å². The minimum absolute atomic E-state index is 0.0975. The van der Waals surface area contributed by atoms with Gasteiger partial charge in [0, 0.05) is 12.3 Å². The second kappa shape index (κ2) is 7.84. The van der Waals surface area contributed by atoms with Crippen molar-refractivity contribution in [2.45, 2.75) is 44.3 Å². The van der Waals surface area contributed by atoms with Crippen LogP contribution in [0.25, 0.3) is 0 Å². The van der Waals surface area contributed by atoms with Gasteiger partial charge in [0.25, 0.3) is 0 Å². The quantitative estimate of drug-likeness (QED) is 0.428. The smallest absolute Gasteiger partial charge is 0.270 e. The fraction of sp³-hybridized carbons (Fsp3) is 0.800. The van der Waals surface area contributed by atoms with Crippen LogP contribution < -0.4 is 5.69 Å². The molecule has 0 unspecified atom stereocenters. The van der Waals surface area contributed by atoms with Crippen LogP contribution in [0, 0.1) is 0 Å². The summed E-state index contributed by atoms with van der Waals surface area (Å²) in [6, 6.07) is 0. The van der Waals surface area contributed by atoms with Crippen LogP contribution in [0.15, 0.2) is 9.95 Å². The molecule has 0 aliphatic rings.